The highest BCUT2D eigenvalue weighted by atomic mass is 16.5. The van der Waals surface area contributed by atoms with Crippen LogP contribution in [0.3, 0.4) is 0 Å². The van der Waals surface area contributed by atoms with Crippen LogP contribution < -0.4 is 15.4 Å². The predicted molar refractivity (Wildman–Crippen MR) is 107 cm³/mol. The standard InChI is InChI=1S/C20H26N6O2/c1-3-19-25-24-15-26(19)11-10-21-20(23-14-17-8-6-12-28-17)22-13-16-7-4-5-9-18(16)27-2/h4-9,12,15H,3,10-11,13-14H2,1-2H3,(H2,21,22,23). The first-order valence-corrected chi connectivity index (χ1v) is 9.33. The van der Waals surface area contributed by atoms with Crippen LogP contribution in [0.4, 0.5) is 0 Å². The fraction of sp³-hybridized carbons (Fsp3) is 0.350. The van der Waals surface area contributed by atoms with Gasteiger partial charge in [-0.05, 0) is 18.2 Å². The average Bonchev–Trinajstić information content (AvgIpc) is 3.41. The van der Waals surface area contributed by atoms with Gasteiger partial charge in [0.1, 0.15) is 23.7 Å². The minimum Gasteiger partial charge on any atom is -0.496 e. The van der Waals surface area contributed by atoms with Crippen molar-refractivity contribution in [2.45, 2.75) is 33.0 Å². The number of aromatic nitrogens is 3. The SMILES string of the molecule is CCc1nncn1CCNC(=NCc1ccccc1OC)NCc1ccco1. The zero-order chi connectivity index (χ0) is 19.6. The summed E-state index contributed by atoms with van der Waals surface area (Å²) < 4.78 is 12.8. The van der Waals surface area contributed by atoms with Crippen molar-refractivity contribution < 1.29 is 9.15 Å². The Hall–Kier alpha value is -3.29. The molecule has 0 amide bonds. The summed E-state index contributed by atoms with van der Waals surface area (Å²) >= 11 is 0. The molecular weight excluding hydrogens is 356 g/mol. The predicted octanol–water partition coefficient (Wildman–Crippen LogP) is 2.38. The van der Waals surface area contributed by atoms with Crippen LogP contribution in [-0.4, -0.2) is 34.4 Å². The number of benzene rings is 1. The molecule has 8 heteroatoms. The summed E-state index contributed by atoms with van der Waals surface area (Å²) in [6.07, 6.45) is 4.27. The minimum absolute atomic E-state index is 0.504. The van der Waals surface area contributed by atoms with Crippen LogP contribution in [0.2, 0.25) is 0 Å². The molecule has 2 aromatic heterocycles. The normalized spacial score (nSPS) is 11.4. The minimum atomic E-state index is 0.504. The zero-order valence-corrected chi connectivity index (χ0v) is 16.3. The molecule has 3 rings (SSSR count). The summed E-state index contributed by atoms with van der Waals surface area (Å²) in [5.74, 6) is 3.35. The number of aliphatic imine (C=N–C) groups is 1. The largest absolute Gasteiger partial charge is 0.496 e. The Kier molecular flexibility index (Phi) is 7.06. The van der Waals surface area contributed by atoms with E-state index in [9.17, 15) is 0 Å². The summed E-state index contributed by atoms with van der Waals surface area (Å²) in [6.45, 7) is 4.58. The number of ether oxygens (including phenoxy) is 1. The van der Waals surface area contributed by atoms with Gasteiger partial charge in [0.05, 0.1) is 26.5 Å². The quantitative estimate of drug-likeness (QED) is 0.436. The van der Waals surface area contributed by atoms with Gasteiger partial charge in [0.25, 0.3) is 0 Å². The first-order valence-electron chi connectivity index (χ1n) is 9.33. The van der Waals surface area contributed by atoms with Crippen molar-refractivity contribution in [1.29, 1.82) is 0 Å². The molecule has 0 spiro atoms. The molecule has 0 unspecified atom stereocenters. The van der Waals surface area contributed by atoms with E-state index in [-0.39, 0.29) is 0 Å². The Morgan fingerprint density at radius 2 is 2.11 bits per heavy atom. The van der Waals surface area contributed by atoms with Gasteiger partial charge in [0.15, 0.2) is 5.96 Å². The first kappa shape index (κ1) is 19.5. The lowest BCUT2D eigenvalue weighted by Gasteiger charge is -2.13. The molecule has 0 saturated heterocycles. The molecule has 0 fully saturated rings. The lowest BCUT2D eigenvalue weighted by molar-refractivity contribution is 0.410. The van der Waals surface area contributed by atoms with Gasteiger partial charge in [-0.2, -0.15) is 0 Å². The number of hydrogen-bond acceptors (Lipinski definition) is 5. The number of furan rings is 1. The van der Waals surface area contributed by atoms with Gasteiger partial charge in [-0.1, -0.05) is 25.1 Å². The fourth-order valence-corrected chi connectivity index (χ4v) is 2.79. The summed E-state index contributed by atoms with van der Waals surface area (Å²) in [7, 11) is 1.67. The van der Waals surface area contributed by atoms with Crippen molar-refractivity contribution >= 4 is 5.96 Å². The van der Waals surface area contributed by atoms with Crippen LogP contribution in [0, 0.1) is 0 Å². The van der Waals surface area contributed by atoms with Gasteiger partial charge in [0, 0.05) is 25.1 Å². The van der Waals surface area contributed by atoms with E-state index >= 15 is 0 Å². The molecular formula is C20H26N6O2. The van der Waals surface area contributed by atoms with E-state index in [1.165, 1.54) is 0 Å². The third-order valence-corrected chi connectivity index (χ3v) is 4.27. The lowest BCUT2D eigenvalue weighted by atomic mass is 10.2. The highest BCUT2D eigenvalue weighted by Gasteiger charge is 2.05. The number of guanidine groups is 1. The number of hydrogen-bond donors (Lipinski definition) is 2. The number of aryl methyl sites for hydroxylation is 1. The van der Waals surface area contributed by atoms with Gasteiger partial charge in [-0.15, -0.1) is 10.2 Å². The third kappa shape index (κ3) is 5.35. The van der Waals surface area contributed by atoms with Crippen LogP contribution >= 0.6 is 0 Å². The Balaban J connectivity index is 1.63. The Bertz CT molecular complexity index is 872. The molecule has 0 aliphatic carbocycles. The molecule has 0 radical (unpaired) electrons. The van der Waals surface area contributed by atoms with Crippen LogP contribution in [-0.2, 0) is 26.1 Å². The second-order valence-corrected chi connectivity index (χ2v) is 6.13. The van der Waals surface area contributed by atoms with Gasteiger partial charge < -0.3 is 24.4 Å². The maximum atomic E-state index is 5.41. The number of para-hydroxylation sites is 1. The van der Waals surface area contributed by atoms with Crippen molar-refractivity contribution in [3.05, 3.63) is 66.1 Å². The molecule has 148 valence electrons. The van der Waals surface area contributed by atoms with E-state index in [0.29, 0.717) is 25.6 Å². The molecule has 0 aliphatic rings. The molecule has 8 nitrogen and oxygen atoms in total. The van der Waals surface area contributed by atoms with Crippen LogP contribution in [0.5, 0.6) is 5.75 Å². The van der Waals surface area contributed by atoms with Crippen LogP contribution in [0.15, 0.2) is 58.4 Å². The maximum absolute atomic E-state index is 5.41. The van der Waals surface area contributed by atoms with Crippen LogP contribution in [0.25, 0.3) is 0 Å². The van der Waals surface area contributed by atoms with E-state index in [1.807, 2.05) is 41.0 Å². The van der Waals surface area contributed by atoms with Crippen molar-refractivity contribution in [3.63, 3.8) is 0 Å². The fourth-order valence-electron chi connectivity index (χ4n) is 2.79. The van der Waals surface area contributed by atoms with Crippen molar-refractivity contribution in [2.24, 2.45) is 4.99 Å². The Morgan fingerprint density at radius 3 is 2.89 bits per heavy atom. The first-order chi connectivity index (χ1) is 13.8. The number of nitrogens with zero attached hydrogens (tertiary/aromatic N) is 4. The van der Waals surface area contributed by atoms with Gasteiger partial charge in [-0.3, -0.25) is 0 Å². The molecule has 3 aromatic rings. The molecule has 0 bridgehead atoms. The molecule has 28 heavy (non-hydrogen) atoms. The zero-order valence-electron chi connectivity index (χ0n) is 16.3. The monoisotopic (exact) mass is 382 g/mol. The molecule has 0 saturated carbocycles. The molecule has 2 N–H and O–H groups in total. The summed E-state index contributed by atoms with van der Waals surface area (Å²) in [6, 6.07) is 11.7. The van der Waals surface area contributed by atoms with E-state index in [4.69, 9.17) is 14.1 Å². The van der Waals surface area contributed by atoms with Crippen molar-refractivity contribution in [3.8, 4) is 5.75 Å². The third-order valence-electron chi connectivity index (χ3n) is 4.27. The summed E-state index contributed by atoms with van der Waals surface area (Å²) in [5, 5.41) is 14.7. The highest BCUT2D eigenvalue weighted by Crippen LogP contribution is 2.17. The second-order valence-electron chi connectivity index (χ2n) is 6.13. The summed E-state index contributed by atoms with van der Waals surface area (Å²) in [4.78, 5) is 4.70. The molecule has 1 aromatic carbocycles. The Labute approximate surface area is 164 Å². The second kappa shape index (κ2) is 10.1. The van der Waals surface area contributed by atoms with E-state index in [2.05, 4.69) is 27.8 Å². The highest BCUT2D eigenvalue weighted by molar-refractivity contribution is 5.79. The number of nitrogens with one attached hydrogen (secondary N) is 2. The van der Waals surface area contributed by atoms with Gasteiger partial charge >= 0.3 is 0 Å². The Morgan fingerprint density at radius 1 is 1.21 bits per heavy atom. The van der Waals surface area contributed by atoms with E-state index in [1.54, 1.807) is 19.7 Å². The maximum Gasteiger partial charge on any atom is 0.192 e. The molecule has 2 heterocycles. The smallest absolute Gasteiger partial charge is 0.192 e. The van der Waals surface area contributed by atoms with Crippen molar-refractivity contribution in [1.82, 2.24) is 25.4 Å². The van der Waals surface area contributed by atoms with Gasteiger partial charge in [0.2, 0.25) is 0 Å². The molecule has 0 aliphatic heterocycles. The van der Waals surface area contributed by atoms with Crippen molar-refractivity contribution in [2.75, 3.05) is 13.7 Å². The van der Waals surface area contributed by atoms with E-state index in [0.717, 1.165) is 35.9 Å². The number of rotatable bonds is 9. The van der Waals surface area contributed by atoms with Gasteiger partial charge in [-0.25, -0.2) is 4.99 Å². The molecule has 0 atom stereocenters. The topological polar surface area (TPSA) is 89.5 Å². The van der Waals surface area contributed by atoms with E-state index < -0.39 is 0 Å². The lowest BCUT2D eigenvalue weighted by Crippen LogP contribution is -2.38. The summed E-state index contributed by atoms with van der Waals surface area (Å²) in [5.41, 5.74) is 1.02. The average molecular weight is 382 g/mol. The number of methoxy groups -OCH3 is 1. The van der Waals surface area contributed by atoms with Crippen LogP contribution in [0.1, 0.15) is 24.1 Å².